The molecule has 0 bridgehead atoms. The Morgan fingerprint density at radius 2 is 2.13 bits per heavy atom. The van der Waals surface area contributed by atoms with E-state index in [4.69, 9.17) is 4.74 Å². The summed E-state index contributed by atoms with van der Waals surface area (Å²) < 4.78 is 8.05. The predicted octanol–water partition coefficient (Wildman–Crippen LogP) is 4.70. The van der Waals surface area contributed by atoms with E-state index in [0.29, 0.717) is 23.5 Å². The molecule has 1 aliphatic heterocycles. The third-order valence-electron chi connectivity index (χ3n) is 4.62. The van der Waals surface area contributed by atoms with Crippen LogP contribution in [0.2, 0.25) is 0 Å². The molecule has 3 aromatic rings. The minimum absolute atomic E-state index is 0.0175. The van der Waals surface area contributed by atoms with Crippen molar-refractivity contribution in [2.24, 2.45) is 0 Å². The van der Waals surface area contributed by atoms with Crippen LogP contribution >= 0.6 is 39.0 Å². The van der Waals surface area contributed by atoms with E-state index in [1.807, 2.05) is 36.4 Å². The number of anilines is 1. The van der Waals surface area contributed by atoms with Crippen LogP contribution in [0.3, 0.4) is 0 Å². The lowest BCUT2D eigenvalue weighted by molar-refractivity contribution is -0.119. The van der Waals surface area contributed by atoms with Gasteiger partial charge in [-0.2, -0.15) is 0 Å². The number of aromatic nitrogens is 1. The summed E-state index contributed by atoms with van der Waals surface area (Å²) in [4.78, 5) is 29.1. The second kappa shape index (κ2) is 9.91. The Morgan fingerprint density at radius 1 is 1.27 bits per heavy atom. The molecule has 2 amide bonds. The summed E-state index contributed by atoms with van der Waals surface area (Å²) >= 11 is 6.33. The zero-order valence-corrected chi connectivity index (χ0v) is 19.2. The third-order valence-corrected chi connectivity index (χ3v) is 7.48. The highest BCUT2D eigenvalue weighted by atomic mass is 79.9. The summed E-state index contributed by atoms with van der Waals surface area (Å²) in [7, 11) is 0. The Morgan fingerprint density at radius 3 is 2.93 bits per heavy atom. The number of hydrogen-bond acceptors (Lipinski definition) is 6. The van der Waals surface area contributed by atoms with Gasteiger partial charge in [0.2, 0.25) is 5.91 Å². The third kappa shape index (κ3) is 5.40. The molecule has 2 heterocycles. The van der Waals surface area contributed by atoms with Crippen LogP contribution in [0.15, 0.2) is 51.3 Å². The molecule has 4 rings (SSSR count). The number of halogens is 1. The number of benzene rings is 2. The fourth-order valence-electron chi connectivity index (χ4n) is 3.10. The fraction of sp³-hybridized carbons (Fsp3) is 0.286. The number of amides is 2. The van der Waals surface area contributed by atoms with Crippen LogP contribution in [-0.4, -0.2) is 41.8 Å². The number of carbonyl (C=O) groups excluding carboxylic acids is 2. The average molecular weight is 506 g/mol. The molecule has 30 heavy (non-hydrogen) atoms. The largest absolute Gasteiger partial charge is 0.376 e. The van der Waals surface area contributed by atoms with Crippen LogP contribution in [0.4, 0.5) is 5.69 Å². The highest BCUT2D eigenvalue weighted by Gasteiger charge is 2.16. The number of ether oxygens (including phenoxy) is 1. The first-order valence-corrected chi connectivity index (χ1v) is 12.2. The van der Waals surface area contributed by atoms with E-state index in [1.165, 1.54) is 23.1 Å². The Labute approximate surface area is 190 Å². The highest BCUT2D eigenvalue weighted by Crippen LogP contribution is 2.31. The highest BCUT2D eigenvalue weighted by molar-refractivity contribution is 9.10. The van der Waals surface area contributed by atoms with Gasteiger partial charge >= 0.3 is 0 Å². The zero-order chi connectivity index (χ0) is 20.9. The topological polar surface area (TPSA) is 80.3 Å². The quantitative estimate of drug-likeness (QED) is 0.455. The molecule has 2 N–H and O–H groups in total. The van der Waals surface area contributed by atoms with Crippen LogP contribution in [0.5, 0.6) is 0 Å². The van der Waals surface area contributed by atoms with Crippen LogP contribution in [0.25, 0.3) is 10.2 Å². The Balaban J connectivity index is 1.34. The minimum Gasteiger partial charge on any atom is -0.376 e. The summed E-state index contributed by atoms with van der Waals surface area (Å²) in [6, 6.07) is 12.9. The Bertz CT molecular complexity index is 1070. The first-order valence-electron chi connectivity index (χ1n) is 9.56. The van der Waals surface area contributed by atoms with E-state index in [9.17, 15) is 9.59 Å². The molecule has 6 nitrogen and oxygen atoms in total. The molecular weight excluding hydrogens is 486 g/mol. The average Bonchev–Trinajstić information content (AvgIpc) is 3.40. The van der Waals surface area contributed by atoms with Crippen molar-refractivity contribution >= 4 is 66.7 Å². The summed E-state index contributed by atoms with van der Waals surface area (Å²) in [5.74, 6) is 0.123. The molecule has 1 aromatic heterocycles. The van der Waals surface area contributed by atoms with Gasteiger partial charge in [0.15, 0.2) is 4.34 Å². The minimum atomic E-state index is -0.177. The lowest BCUT2D eigenvalue weighted by Gasteiger charge is -2.09. The Hall–Kier alpha value is -1.94. The standard InChI is InChI=1S/C21H20BrN3O3S2/c22-16-6-2-1-5-15(16)20(27)24-13-7-8-17-18(10-13)30-21(25-17)29-12-19(26)23-11-14-4-3-9-28-14/h1-2,5-8,10,14H,3-4,9,11-12H2,(H,23,26)(H,24,27)/t14-/m0/s1. The first kappa shape index (κ1) is 21.3. The van der Waals surface area contributed by atoms with E-state index in [-0.39, 0.29) is 17.9 Å². The number of nitrogens with one attached hydrogen (secondary N) is 2. The molecule has 0 spiro atoms. The molecule has 0 radical (unpaired) electrons. The second-order valence-electron chi connectivity index (χ2n) is 6.82. The van der Waals surface area contributed by atoms with Crippen molar-refractivity contribution in [3.05, 3.63) is 52.5 Å². The van der Waals surface area contributed by atoms with Crippen LogP contribution in [-0.2, 0) is 9.53 Å². The molecule has 1 fully saturated rings. The molecule has 1 aliphatic rings. The van der Waals surface area contributed by atoms with E-state index in [1.54, 1.807) is 6.07 Å². The van der Waals surface area contributed by atoms with E-state index < -0.39 is 0 Å². The lowest BCUT2D eigenvalue weighted by atomic mass is 10.2. The number of carbonyl (C=O) groups is 2. The lowest BCUT2D eigenvalue weighted by Crippen LogP contribution is -2.32. The van der Waals surface area contributed by atoms with Gasteiger partial charge in [-0.15, -0.1) is 11.3 Å². The normalized spacial score (nSPS) is 16.0. The van der Waals surface area contributed by atoms with E-state index in [0.717, 1.165) is 38.5 Å². The van der Waals surface area contributed by atoms with Gasteiger partial charge in [-0.3, -0.25) is 9.59 Å². The van der Waals surface area contributed by atoms with Crippen molar-refractivity contribution in [1.29, 1.82) is 0 Å². The molecule has 9 heteroatoms. The number of fused-ring (bicyclic) bond motifs is 1. The second-order valence-corrected chi connectivity index (χ2v) is 9.93. The molecule has 1 atom stereocenters. The van der Waals surface area contributed by atoms with Gasteiger partial charge in [0.05, 0.1) is 27.6 Å². The molecule has 1 saturated heterocycles. The fourth-order valence-corrected chi connectivity index (χ4v) is 5.50. The van der Waals surface area contributed by atoms with E-state index >= 15 is 0 Å². The molecule has 156 valence electrons. The van der Waals surface area contributed by atoms with Gasteiger partial charge in [0.25, 0.3) is 5.91 Å². The number of nitrogens with zero attached hydrogens (tertiary/aromatic N) is 1. The molecule has 2 aromatic carbocycles. The Kier molecular flexibility index (Phi) is 7.04. The zero-order valence-electron chi connectivity index (χ0n) is 16.0. The van der Waals surface area contributed by atoms with Crippen molar-refractivity contribution in [2.45, 2.75) is 23.3 Å². The van der Waals surface area contributed by atoms with Gasteiger partial charge in [0.1, 0.15) is 0 Å². The first-order chi connectivity index (χ1) is 14.6. The van der Waals surface area contributed by atoms with Gasteiger partial charge in [-0.25, -0.2) is 4.98 Å². The molecule has 0 unspecified atom stereocenters. The summed E-state index contributed by atoms with van der Waals surface area (Å²) in [5, 5.41) is 5.84. The summed E-state index contributed by atoms with van der Waals surface area (Å²) in [6.07, 6.45) is 2.21. The number of thiazole rings is 1. The van der Waals surface area contributed by atoms with Gasteiger partial charge < -0.3 is 15.4 Å². The monoisotopic (exact) mass is 505 g/mol. The summed E-state index contributed by atoms with van der Waals surface area (Å²) in [6.45, 7) is 1.35. The van der Waals surface area contributed by atoms with Crippen LogP contribution < -0.4 is 10.6 Å². The number of thioether (sulfide) groups is 1. The maximum atomic E-state index is 12.5. The van der Waals surface area contributed by atoms with Crippen molar-refractivity contribution in [3.63, 3.8) is 0 Å². The van der Waals surface area contributed by atoms with Crippen molar-refractivity contribution in [2.75, 3.05) is 24.2 Å². The number of hydrogen-bond donors (Lipinski definition) is 2. The maximum absolute atomic E-state index is 12.5. The van der Waals surface area contributed by atoms with Gasteiger partial charge in [-0.05, 0) is 59.1 Å². The van der Waals surface area contributed by atoms with Gasteiger partial charge in [-0.1, -0.05) is 23.9 Å². The molecular formula is C21H20BrN3O3S2. The number of rotatable bonds is 7. The van der Waals surface area contributed by atoms with E-state index in [2.05, 4.69) is 31.5 Å². The van der Waals surface area contributed by atoms with Crippen molar-refractivity contribution < 1.29 is 14.3 Å². The SMILES string of the molecule is O=C(CSc1nc2ccc(NC(=O)c3ccccc3Br)cc2s1)NC[C@@H]1CCCO1. The predicted molar refractivity (Wildman–Crippen MR) is 124 cm³/mol. The van der Waals surface area contributed by atoms with Crippen LogP contribution in [0, 0.1) is 0 Å². The van der Waals surface area contributed by atoms with Crippen molar-refractivity contribution in [1.82, 2.24) is 10.3 Å². The molecule has 0 saturated carbocycles. The summed E-state index contributed by atoms with van der Waals surface area (Å²) in [5.41, 5.74) is 2.13. The smallest absolute Gasteiger partial charge is 0.256 e. The maximum Gasteiger partial charge on any atom is 0.256 e. The van der Waals surface area contributed by atoms with Crippen LogP contribution in [0.1, 0.15) is 23.2 Å². The van der Waals surface area contributed by atoms with Gasteiger partial charge in [0, 0.05) is 23.3 Å². The van der Waals surface area contributed by atoms with Crippen molar-refractivity contribution in [3.8, 4) is 0 Å². The molecule has 0 aliphatic carbocycles.